The molecule has 0 aromatic carbocycles. The van der Waals surface area contributed by atoms with Crippen LogP contribution in [0.3, 0.4) is 0 Å². The number of fused-ring (bicyclic) bond motifs is 1. The molecule has 2 saturated carbocycles. The highest BCUT2D eigenvalue weighted by Crippen LogP contribution is 2.42. The molecule has 0 aliphatic heterocycles. The Bertz CT molecular complexity index is 645. The third kappa shape index (κ3) is 2.50. The van der Waals surface area contributed by atoms with E-state index in [0.29, 0.717) is 18.0 Å². The van der Waals surface area contributed by atoms with Gasteiger partial charge in [0.1, 0.15) is 5.82 Å². The van der Waals surface area contributed by atoms with Gasteiger partial charge in [0, 0.05) is 35.8 Å². The maximum absolute atomic E-state index is 6.02. The summed E-state index contributed by atoms with van der Waals surface area (Å²) in [6, 6.07) is 4.96. The van der Waals surface area contributed by atoms with Crippen molar-refractivity contribution in [3.63, 3.8) is 0 Å². The fraction of sp³-hybridized carbons (Fsp3) is 0.625. The largest absolute Gasteiger partial charge is 0.367 e. The van der Waals surface area contributed by atoms with Crippen LogP contribution in [0.5, 0.6) is 0 Å². The lowest BCUT2D eigenvalue weighted by atomic mass is 10.0. The number of anilines is 1. The fourth-order valence-electron chi connectivity index (χ4n) is 3.46. The summed E-state index contributed by atoms with van der Waals surface area (Å²) in [6.07, 6.45) is 7.79. The zero-order valence-electron chi connectivity index (χ0n) is 12.5. The first-order valence-corrected chi connectivity index (χ1v) is 8.07. The van der Waals surface area contributed by atoms with Crippen molar-refractivity contribution in [2.75, 3.05) is 5.32 Å². The Balaban J connectivity index is 1.66. The summed E-state index contributed by atoms with van der Waals surface area (Å²) < 4.78 is 1.91. The Morgan fingerprint density at radius 1 is 1.33 bits per heavy atom. The molecule has 2 heterocycles. The molecule has 0 amide bonds. The smallest absolute Gasteiger partial charge is 0.157 e. The summed E-state index contributed by atoms with van der Waals surface area (Å²) in [6.45, 7) is 2.29. The molecule has 0 spiro atoms. The summed E-state index contributed by atoms with van der Waals surface area (Å²) >= 11 is 0. The van der Waals surface area contributed by atoms with Gasteiger partial charge in [-0.2, -0.15) is 9.61 Å². The molecule has 5 nitrogen and oxygen atoms in total. The second-order valence-electron chi connectivity index (χ2n) is 6.71. The van der Waals surface area contributed by atoms with E-state index in [1.165, 1.54) is 18.5 Å². The van der Waals surface area contributed by atoms with E-state index in [1.807, 2.05) is 16.8 Å². The molecule has 5 heteroatoms. The molecule has 2 aliphatic rings. The lowest BCUT2D eigenvalue weighted by Crippen LogP contribution is -2.22. The van der Waals surface area contributed by atoms with Crippen molar-refractivity contribution in [3.8, 4) is 0 Å². The van der Waals surface area contributed by atoms with Crippen LogP contribution < -0.4 is 11.1 Å². The van der Waals surface area contributed by atoms with Crippen molar-refractivity contribution in [1.82, 2.24) is 14.6 Å². The van der Waals surface area contributed by atoms with Gasteiger partial charge in [-0.1, -0.05) is 6.92 Å². The summed E-state index contributed by atoms with van der Waals surface area (Å²) in [7, 11) is 0. The van der Waals surface area contributed by atoms with E-state index in [0.717, 1.165) is 36.6 Å². The monoisotopic (exact) mass is 285 g/mol. The normalized spacial score (nSPS) is 27.1. The van der Waals surface area contributed by atoms with Crippen molar-refractivity contribution in [1.29, 1.82) is 0 Å². The van der Waals surface area contributed by atoms with E-state index in [2.05, 4.69) is 23.4 Å². The van der Waals surface area contributed by atoms with Crippen LogP contribution in [0.2, 0.25) is 0 Å². The van der Waals surface area contributed by atoms with Crippen molar-refractivity contribution in [3.05, 3.63) is 24.0 Å². The molecule has 0 radical (unpaired) electrons. The number of nitrogens with zero attached hydrogens (tertiary/aromatic N) is 3. The van der Waals surface area contributed by atoms with E-state index >= 15 is 0 Å². The molecule has 21 heavy (non-hydrogen) atoms. The molecule has 4 rings (SSSR count). The average Bonchev–Trinajstić information content (AvgIpc) is 3.07. The van der Waals surface area contributed by atoms with Gasteiger partial charge >= 0.3 is 0 Å². The molecule has 0 saturated heterocycles. The van der Waals surface area contributed by atoms with Gasteiger partial charge in [-0.15, -0.1) is 0 Å². The van der Waals surface area contributed by atoms with E-state index < -0.39 is 0 Å². The first-order chi connectivity index (χ1) is 10.2. The number of hydrogen-bond acceptors (Lipinski definition) is 4. The maximum Gasteiger partial charge on any atom is 0.157 e. The van der Waals surface area contributed by atoms with Crippen LogP contribution in [-0.4, -0.2) is 26.7 Å². The molecule has 0 unspecified atom stereocenters. The van der Waals surface area contributed by atoms with E-state index in [9.17, 15) is 0 Å². The molecule has 0 bridgehead atoms. The molecule has 2 aliphatic carbocycles. The highest BCUT2D eigenvalue weighted by atomic mass is 15.3. The molecule has 2 fully saturated rings. The van der Waals surface area contributed by atoms with Gasteiger partial charge in [-0.05, 0) is 38.0 Å². The Hall–Kier alpha value is -1.62. The number of rotatable bonds is 4. The van der Waals surface area contributed by atoms with Crippen LogP contribution in [0.25, 0.3) is 5.65 Å². The van der Waals surface area contributed by atoms with Crippen LogP contribution in [0.4, 0.5) is 5.82 Å². The predicted molar refractivity (Wildman–Crippen MR) is 83.4 cm³/mol. The van der Waals surface area contributed by atoms with Gasteiger partial charge in [-0.3, -0.25) is 0 Å². The van der Waals surface area contributed by atoms with Crippen molar-refractivity contribution >= 4 is 11.5 Å². The van der Waals surface area contributed by atoms with E-state index in [-0.39, 0.29) is 0 Å². The highest BCUT2D eigenvalue weighted by molar-refractivity contribution is 5.50. The molecule has 2 aromatic heterocycles. The van der Waals surface area contributed by atoms with Gasteiger partial charge in [0.2, 0.25) is 0 Å². The number of nitrogens with two attached hydrogens (primary N) is 1. The van der Waals surface area contributed by atoms with Crippen LogP contribution in [0.1, 0.15) is 50.6 Å². The maximum atomic E-state index is 6.02. The molecule has 2 aromatic rings. The van der Waals surface area contributed by atoms with Crippen LogP contribution >= 0.6 is 0 Å². The molecular formula is C16H23N5. The molecule has 3 atom stereocenters. The molecule has 112 valence electrons. The Labute approximate surface area is 124 Å². The molecular weight excluding hydrogens is 262 g/mol. The van der Waals surface area contributed by atoms with Gasteiger partial charge in [0.25, 0.3) is 0 Å². The summed E-state index contributed by atoms with van der Waals surface area (Å²) in [4.78, 5) is 4.78. The summed E-state index contributed by atoms with van der Waals surface area (Å²) in [5.74, 6) is 2.42. The third-order valence-corrected chi connectivity index (χ3v) is 5.00. The number of hydrogen-bond donors (Lipinski definition) is 2. The number of aromatic nitrogens is 3. The predicted octanol–water partition coefficient (Wildman–Crippen LogP) is 2.53. The van der Waals surface area contributed by atoms with Gasteiger partial charge in [0.05, 0.1) is 6.20 Å². The van der Waals surface area contributed by atoms with Crippen molar-refractivity contribution in [2.24, 2.45) is 11.7 Å². The van der Waals surface area contributed by atoms with Gasteiger partial charge in [-0.25, -0.2) is 4.98 Å². The Morgan fingerprint density at radius 2 is 2.19 bits per heavy atom. The lowest BCUT2D eigenvalue weighted by Gasteiger charge is -2.17. The van der Waals surface area contributed by atoms with Crippen molar-refractivity contribution < 1.29 is 0 Å². The SMILES string of the molecule is C[C@H](c1cc(N[C@H]2CC[C@H](N)C2)n2nccc2n1)C1CC1. The highest BCUT2D eigenvalue weighted by Gasteiger charge is 2.30. The van der Waals surface area contributed by atoms with Gasteiger partial charge in [0.15, 0.2) is 5.65 Å². The van der Waals surface area contributed by atoms with Crippen LogP contribution in [-0.2, 0) is 0 Å². The zero-order valence-corrected chi connectivity index (χ0v) is 12.5. The minimum absolute atomic E-state index is 0.335. The quantitative estimate of drug-likeness (QED) is 0.906. The standard InChI is InChI=1S/C16H23N5/c1-10(11-2-3-11)14-9-16(19-13-5-4-12(17)8-13)21-15(20-14)6-7-18-21/h6-7,9-13,19H,2-5,8,17H2,1H3/t10-,12-,13-/m0/s1. The topological polar surface area (TPSA) is 68.2 Å². The fourth-order valence-corrected chi connectivity index (χ4v) is 3.46. The van der Waals surface area contributed by atoms with Crippen LogP contribution in [0.15, 0.2) is 18.3 Å². The van der Waals surface area contributed by atoms with Gasteiger partial charge < -0.3 is 11.1 Å². The first-order valence-electron chi connectivity index (χ1n) is 8.07. The molecule has 3 N–H and O–H groups in total. The summed E-state index contributed by atoms with van der Waals surface area (Å²) in [5, 5.41) is 8.04. The Kier molecular flexibility index (Phi) is 3.10. The second kappa shape index (κ2) is 4.98. The first kappa shape index (κ1) is 13.1. The second-order valence-corrected chi connectivity index (χ2v) is 6.71. The Morgan fingerprint density at radius 3 is 2.90 bits per heavy atom. The number of nitrogens with one attached hydrogen (secondary N) is 1. The lowest BCUT2D eigenvalue weighted by molar-refractivity contribution is 0.641. The summed E-state index contributed by atoms with van der Waals surface area (Å²) in [5.41, 5.74) is 8.15. The van der Waals surface area contributed by atoms with E-state index in [4.69, 9.17) is 10.7 Å². The van der Waals surface area contributed by atoms with E-state index in [1.54, 1.807) is 0 Å². The van der Waals surface area contributed by atoms with Crippen LogP contribution in [0, 0.1) is 5.92 Å². The minimum atomic E-state index is 0.335. The zero-order chi connectivity index (χ0) is 14.4. The minimum Gasteiger partial charge on any atom is -0.367 e. The van der Waals surface area contributed by atoms with Crippen molar-refractivity contribution in [2.45, 2.75) is 57.0 Å². The third-order valence-electron chi connectivity index (χ3n) is 5.00. The average molecular weight is 285 g/mol.